The number of carbonyl (C=O) groups excluding carboxylic acids is 2. The molecule has 0 atom stereocenters. The van der Waals surface area contributed by atoms with Crippen LogP contribution in [0.2, 0.25) is 0 Å². The number of imide groups is 1. The highest BCUT2D eigenvalue weighted by Gasteiger charge is 2.39. The van der Waals surface area contributed by atoms with E-state index in [-0.39, 0.29) is 17.9 Å². The van der Waals surface area contributed by atoms with E-state index in [2.05, 4.69) is 6.58 Å². The van der Waals surface area contributed by atoms with Crippen LogP contribution in [0.5, 0.6) is 0 Å². The Morgan fingerprint density at radius 1 is 0.950 bits per heavy atom. The summed E-state index contributed by atoms with van der Waals surface area (Å²) in [6, 6.07) is 7.18. The van der Waals surface area contributed by atoms with Gasteiger partial charge >= 0.3 is 0 Å². The molecule has 0 saturated heterocycles. The van der Waals surface area contributed by atoms with Crippen molar-refractivity contribution in [3.05, 3.63) is 47.5 Å². The van der Waals surface area contributed by atoms with E-state index in [1.54, 1.807) is 12.1 Å². The monoisotopic (exact) mass is 269 g/mol. The normalized spacial score (nSPS) is 20.8. The zero-order valence-electron chi connectivity index (χ0n) is 11.6. The summed E-state index contributed by atoms with van der Waals surface area (Å²) in [7, 11) is 0. The van der Waals surface area contributed by atoms with E-state index >= 15 is 0 Å². The second-order valence-corrected chi connectivity index (χ2v) is 5.71. The molecule has 0 N–H and O–H groups in total. The molecule has 1 fully saturated rings. The third-order valence-corrected chi connectivity index (χ3v) is 4.33. The van der Waals surface area contributed by atoms with Gasteiger partial charge in [0, 0.05) is 6.04 Å². The Hall–Kier alpha value is -1.90. The molecule has 0 bridgehead atoms. The fourth-order valence-corrected chi connectivity index (χ4v) is 3.24. The summed E-state index contributed by atoms with van der Waals surface area (Å²) in [6.45, 7) is 4.05. The van der Waals surface area contributed by atoms with Crippen LogP contribution in [-0.2, 0) is 0 Å². The van der Waals surface area contributed by atoms with Crippen LogP contribution >= 0.6 is 0 Å². The van der Waals surface area contributed by atoms with E-state index in [1.807, 2.05) is 12.1 Å². The van der Waals surface area contributed by atoms with Crippen molar-refractivity contribution < 1.29 is 9.59 Å². The first kappa shape index (κ1) is 13.1. The standard InChI is InChI=1S/C17H19NO2/c1-12-6-4-8-13(9-5-7-12)18-16(19)14-10-2-3-11-15(14)17(18)20/h2-3,10-11,13H,1,4-9H2. The maximum absolute atomic E-state index is 12.5. The number of hydrogen-bond donors (Lipinski definition) is 0. The summed E-state index contributed by atoms with van der Waals surface area (Å²) < 4.78 is 0. The van der Waals surface area contributed by atoms with Crippen molar-refractivity contribution in [1.82, 2.24) is 4.90 Å². The Bertz CT molecular complexity index is 529. The lowest BCUT2D eigenvalue weighted by molar-refractivity contribution is 0.0562. The molecule has 1 aliphatic heterocycles. The Balaban J connectivity index is 1.83. The SMILES string of the molecule is C=C1CCCC(N2C(=O)c3ccccc3C2=O)CCC1. The summed E-state index contributed by atoms with van der Waals surface area (Å²) in [5.41, 5.74) is 2.42. The Morgan fingerprint density at radius 3 is 1.95 bits per heavy atom. The van der Waals surface area contributed by atoms with Gasteiger partial charge in [-0.2, -0.15) is 0 Å². The van der Waals surface area contributed by atoms with Crippen LogP contribution in [0.25, 0.3) is 0 Å². The average molecular weight is 269 g/mol. The summed E-state index contributed by atoms with van der Waals surface area (Å²) in [5.74, 6) is -0.231. The fraction of sp³-hybridized carbons (Fsp3) is 0.412. The summed E-state index contributed by atoms with van der Waals surface area (Å²) >= 11 is 0. The number of fused-ring (bicyclic) bond motifs is 1. The van der Waals surface area contributed by atoms with Crippen LogP contribution in [-0.4, -0.2) is 22.8 Å². The number of benzene rings is 1. The molecule has 0 aromatic heterocycles. The highest BCUT2D eigenvalue weighted by atomic mass is 16.2. The predicted molar refractivity (Wildman–Crippen MR) is 77.6 cm³/mol. The van der Waals surface area contributed by atoms with Crippen LogP contribution in [0, 0.1) is 0 Å². The molecule has 1 saturated carbocycles. The lowest BCUT2D eigenvalue weighted by atomic mass is 9.93. The van der Waals surface area contributed by atoms with Crippen molar-refractivity contribution in [3.63, 3.8) is 0 Å². The van der Waals surface area contributed by atoms with Gasteiger partial charge in [0.25, 0.3) is 11.8 Å². The molecule has 0 unspecified atom stereocenters. The topological polar surface area (TPSA) is 37.4 Å². The zero-order chi connectivity index (χ0) is 14.1. The van der Waals surface area contributed by atoms with Gasteiger partial charge in [-0.3, -0.25) is 14.5 Å². The van der Waals surface area contributed by atoms with Crippen molar-refractivity contribution in [2.45, 2.75) is 44.6 Å². The average Bonchev–Trinajstić information content (AvgIpc) is 2.68. The van der Waals surface area contributed by atoms with E-state index in [0.29, 0.717) is 11.1 Å². The number of hydrogen-bond acceptors (Lipinski definition) is 2. The molecule has 0 spiro atoms. The molecule has 1 heterocycles. The largest absolute Gasteiger partial charge is 0.271 e. The first-order chi connectivity index (χ1) is 9.68. The maximum atomic E-state index is 12.5. The third kappa shape index (κ3) is 2.17. The first-order valence-corrected chi connectivity index (χ1v) is 7.32. The van der Waals surface area contributed by atoms with Crippen LogP contribution < -0.4 is 0 Å². The Morgan fingerprint density at radius 2 is 1.45 bits per heavy atom. The minimum atomic E-state index is -0.116. The summed E-state index contributed by atoms with van der Waals surface area (Å²) in [5, 5.41) is 0. The smallest absolute Gasteiger partial charge is 0.261 e. The fourth-order valence-electron chi connectivity index (χ4n) is 3.24. The van der Waals surface area contributed by atoms with Gasteiger partial charge in [-0.1, -0.05) is 24.3 Å². The number of allylic oxidation sites excluding steroid dienone is 1. The molecule has 20 heavy (non-hydrogen) atoms. The summed E-state index contributed by atoms with van der Waals surface area (Å²) in [4.78, 5) is 26.4. The van der Waals surface area contributed by atoms with E-state index in [9.17, 15) is 9.59 Å². The molecule has 0 radical (unpaired) electrons. The molecular formula is C17H19NO2. The van der Waals surface area contributed by atoms with Gasteiger partial charge in [0.2, 0.25) is 0 Å². The van der Waals surface area contributed by atoms with Crippen molar-refractivity contribution >= 4 is 11.8 Å². The zero-order valence-corrected chi connectivity index (χ0v) is 11.6. The number of carbonyl (C=O) groups is 2. The second-order valence-electron chi connectivity index (χ2n) is 5.71. The first-order valence-electron chi connectivity index (χ1n) is 7.32. The van der Waals surface area contributed by atoms with Crippen LogP contribution in [0.3, 0.4) is 0 Å². The Labute approximate surface area is 119 Å². The number of amides is 2. The summed E-state index contributed by atoms with van der Waals surface area (Å²) in [6.07, 6.45) is 5.84. The van der Waals surface area contributed by atoms with Crippen LogP contribution in [0.15, 0.2) is 36.4 Å². The lowest BCUT2D eigenvalue weighted by Crippen LogP contribution is -2.40. The highest BCUT2D eigenvalue weighted by molar-refractivity contribution is 6.21. The minimum Gasteiger partial charge on any atom is -0.271 e. The number of nitrogens with zero attached hydrogens (tertiary/aromatic N) is 1. The van der Waals surface area contributed by atoms with Gasteiger partial charge < -0.3 is 0 Å². The van der Waals surface area contributed by atoms with Crippen LogP contribution in [0.4, 0.5) is 0 Å². The van der Waals surface area contributed by atoms with Gasteiger partial charge in [-0.15, -0.1) is 0 Å². The predicted octanol–water partition coefficient (Wildman–Crippen LogP) is 3.56. The van der Waals surface area contributed by atoms with Gasteiger partial charge in [-0.25, -0.2) is 0 Å². The third-order valence-electron chi connectivity index (χ3n) is 4.33. The van der Waals surface area contributed by atoms with E-state index in [0.717, 1.165) is 38.5 Å². The van der Waals surface area contributed by atoms with Crippen molar-refractivity contribution in [2.24, 2.45) is 0 Å². The van der Waals surface area contributed by atoms with E-state index in [4.69, 9.17) is 0 Å². The van der Waals surface area contributed by atoms with Crippen molar-refractivity contribution in [3.8, 4) is 0 Å². The second kappa shape index (κ2) is 5.23. The highest BCUT2D eigenvalue weighted by Crippen LogP contribution is 2.30. The maximum Gasteiger partial charge on any atom is 0.261 e. The van der Waals surface area contributed by atoms with E-state index in [1.165, 1.54) is 10.5 Å². The number of rotatable bonds is 1. The van der Waals surface area contributed by atoms with Gasteiger partial charge in [-0.05, 0) is 50.7 Å². The molecule has 3 nitrogen and oxygen atoms in total. The molecular weight excluding hydrogens is 250 g/mol. The van der Waals surface area contributed by atoms with Crippen molar-refractivity contribution in [1.29, 1.82) is 0 Å². The van der Waals surface area contributed by atoms with Gasteiger partial charge in [0.1, 0.15) is 0 Å². The molecule has 3 rings (SSSR count). The van der Waals surface area contributed by atoms with Gasteiger partial charge in [0.05, 0.1) is 11.1 Å². The van der Waals surface area contributed by atoms with Crippen molar-refractivity contribution in [2.75, 3.05) is 0 Å². The molecule has 1 aromatic rings. The molecule has 2 aliphatic rings. The molecule has 104 valence electrons. The minimum absolute atomic E-state index is 0.0514. The molecule has 3 heteroatoms. The van der Waals surface area contributed by atoms with Crippen LogP contribution in [0.1, 0.15) is 59.2 Å². The van der Waals surface area contributed by atoms with E-state index < -0.39 is 0 Å². The molecule has 2 amide bonds. The molecule has 1 aromatic carbocycles. The quantitative estimate of drug-likeness (QED) is 0.577. The molecule has 1 aliphatic carbocycles. The van der Waals surface area contributed by atoms with Gasteiger partial charge in [0.15, 0.2) is 0 Å². The lowest BCUT2D eigenvalue weighted by Gasteiger charge is -2.28. The Kier molecular flexibility index (Phi) is 3.43.